The van der Waals surface area contributed by atoms with E-state index in [0.717, 1.165) is 38.0 Å². The van der Waals surface area contributed by atoms with Crippen molar-refractivity contribution in [1.82, 2.24) is 32.1 Å². The fraction of sp³-hybridized carbons (Fsp3) is 0.278. The van der Waals surface area contributed by atoms with E-state index in [-0.39, 0.29) is 73.8 Å². The minimum Gasteiger partial charge on any atom is -0.478 e. The molecule has 0 bridgehead atoms. The second kappa shape index (κ2) is 44.5. The Morgan fingerprint density at radius 1 is 0.505 bits per heavy atom. The first-order valence-electron chi connectivity index (χ1n) is 33.0. The number of alkyl halides is 6. The number of benzene rings is 7. The van der Waals surface area contributed by atoms with E-state index in [2.05, 4.69) is 71.9 Å². The maximum Gasteiger partial charge on any atom is 0.573 e. The Hall–Kier alpha value is -12.0. The fourth-order valence-corrected chi connectivity index (χ4v) is 9.56. The van der Waals surface area contributed by atoms with Crippen LogP contribution in [0.15, 0.2) is 170 Å². The molecule has 0 fully saturated rings. The Balaban J connectivity index is 0.000000308. The van der Waals surface area contributed by atoms with Gasteiger partial charge in [0.2, 0.25) is 0 Å². The number of carbonyl (C=O) groups is 9. The highest BCUT2D eigenvalue weighted by atomic mass is 127. The molecule has 1 aliphatic carbocycles. The maximum atomic E-state index is 12.5. The molecule has 0 spiro atoms. The van der Waals surface area contributed by atoms with Gasteiger partial charge in [0.15, 0.2) is 11.6 Å². The smallest absolute Gasteiger partial charge is 0.478 e. The molecular weight excluding hydrogens is 1580 g/mol. The van der Waals surface area contributed by atoms with E-state index in [0.29, 0.717) is 27.8 Å². The second-order valence-electron chi connectivity index (χ2n) is 25.0. The highest BCUT2D eigenvalue weighted by Gasteiger charge is 2.34. The molecule has 0 heterocycles. The van der Waals surface area contributed by atoms with Crippen molar-refractivity contribution in [3.63, 3.8) is 0 Å². The van der Waals surface area contributed by atoms with Crippen LogP contribution in [0.2, 0.25) is 0 Å². The molecule has 1 aliphatic rings. The van der Waals surface area contributed by atoms with Crippen LogP contribution in [-0.4, -0.2) is 160 Å². The number of hydroxylamine groups is 1. The lowest BCUT2D eigenvalue weighted by Gasteiger charge is -2.22. The molecule has 25 nitrogen and oxygen atoms in total. The molecule has 0 saturated carbocycles. The van der Waals surface area contributed by atoms with Gasteiger partial charge in [0.25, 0.3) is 17.7 Å². The van der Waals surface area contributed by atoms with Gasteiger partial charge in [0, 0.05) is 76.7 Å². The molecule has 111 heavy (non-hydrogen) atoms. The van der Waals surface area contributed by atoms with Crippen molar-refractivity contribution in [3.8, 4) is 59.2 Å². The van der Waals surface area contributed by atoms with Gasteiger partial charge in [-0.1, -0.05) is 72.2 Å². The molecule has 588 valence electrons. The number of hydrogen-bond acceptors (Lipinski definition) is 18. The van der Waals surface area contributed by atoms with Gasteiger partial charge >= 0.3 is 37.0 Å². The zero-order chi connectivity index (χ0) is 82.7. The normalized spacial score (nSPS) is 11.9. The van der Waals surface area contributed by atoms with E-state index >= 15 is 0 Å². The van der Waals surface area contributed by atoms with Gasteiger partial charge in [0.05, 0.1) is 5.56 Å². The molecule has 7 aromatic rings. The van der Waals surface area contributed by atoms with E-state index in [9.17, 15) is 69.5 Å². The number of amides is 6. The quantitative estimate of drug-likeness (QED) is 0.00760. The van der Waals surface area contributed by atoms with Gasteiger partial charge in [0.1, 0.15) is 60.6 Å². The number of Topliss-reactive ketones (excluding diaryl/α,β-unsaturated/α-hetero) is 2. The summed E-state index contributed by atoms with van der Waals surface area (Å²) in [5.74, 6) is 6.23. The molecule has 7 aromatic carbocycles. The van der Waals surface area contributed by atoms with Crippen LogP contribution >= 0.6 is 22.6 Å². The van der Waals surface area contributed by atoms with Crippen LogP contribution in [0.4, 0.5) is 40.7 Å². The molecule has 0 saturated heterocycles. The van der Waals surface area contributed by atoms with E-state index in [1.807, 2.05) is 59.0 Å². The van der Waals surface area contributed by atoms with E-state index < -0.39 is 89.8 Å². The molecule has 10 N–H and O–H groups in total. The van der Waals surface area contributed by atoms with Crippen molar-refractivity contribution in [2.24, 2.45) is 5.73 Å². The summed E-state index contributed by atoms with van der Waals surface area (Å²) in [5.41, 5.74) is 13.0. The largest absolute Gasteiger partial charge is 0.573 e. The van der Waals surface area contributed by atoms with Crippen molar-refractivity contribution in [1.29, 1.82) is 0 Å². The Bertz CT molecular complexity index is 4390. The second-order valence-corrected chi connectivity index (χ2v) is 26.2. The molecule has 0 aromatic heterocycles. The first-order valence-corrected chi connectivity index (χ1v) is 34.1. The number of carboxylic acid groups (broad SMARTS) is 1. The first kappa shape index (κ1) is 91.4. The zero-order valence-electron chi connectivity index (χ0n) is 61.0. The van der Waals surface area contributed by atoms with Crippen LogP contribution in [0.5, 0.6) is 11.5 Å². The summed E-state index contributed by atoms with van der Waals surface area (Å²) < 4.78 is 105. The lowest BCUT2D eigenvalue weighted by atomic mass is 9.98. The monoisotopic (exact) mass is 1660 g/mol. The summed E-state index contributed by atoms with van der Waals surface area (Å²) in [6.07, 6.45) is -1.12. The minimum atomic E-state index is -4.76. The lowest BCUT2D eigenvalue weighted by molar-refractivity contribution is -0.275. The van der Waals surface area contributed by atoms with Crippen molar-refractivity contribution in [3.05, 3.63) is 223 Å². The standard InChI is InChI=1S/C25H30N2O6.C19H16F3N3O4.C19H24N2O5.C9H6O2.C7H4F3IO/c1-25(2,3)33-23(29)26-13-21(22(28)15-31-4)27-24(30)32-14-20-18-11-7-5-9-16(18)17-10-6-8-12-19(17)20;20-19(21,22)29-15-9-5-13(6-10-15)2-1-12-3-7-14(8-4-12)17(26)24-16(11-23)18(27)25-28;1-6-13-7-9-14(10-8-13)17(23)21-15(16(22)12-25-5)11-20-18(24)26-19(2,3)4;1-2-7-3-5-8(6-4-7)9(10)11;8-7(9,10)12-6-3-1-5(11)2-4-6/h5-12,20-21H,13-15H2,1-4H3,(H,26,29)(H,27,30);3-10,16,28H,11,23H2,(H,24,26)(H,25,27);1,7-10,15H,11-12H2,2-5H3,(H,20,24)(H,21,23);1,3-6H,(H,10,11);1-4H/t21-;16-;15-;;/m000../s1. The number of methoxy groups -OCH3 is 2. The fourth-order valence-electron chi connectivity index (χ4n) is 9.20. The number of carbonyl (C=O) groups excluding carboxylic acids is 8. The number of rotatable bonds is 22. The SMILES string of the molecule is C#Cc1ccc(C(=O)N[C@@H](CNC(=O)OC(C)(C)C)C(=O)COC)cc1.C#Cc1ccc(C(=O)O)cc1.COCC(=O)[C@H](CNC(=O)OC(C)(C)C)NC(=O)OCC1c2ccccc2-c2ccccc21.FC(F)(F)Oc1ccc(I)cc1.NC[C@H](NC(=O)c1ccc(C#Cc2ccc(OC(F)(F)F)cc2)cc1)C(=O)NO. The number of nitrogens with two attached hydrogens (primary N) is 1. The highest BCUT2D eigenvalue weighted by Crippen LogP contribution is 2.44. The molecule has 0 unspecified atom stereocenters. The number of terminal acetylenes is 2. The molecular formula is C79H80F6IN7O18. The number of ketones is 2. The van der Waals surface area contributed by atoms with Gasteiger partial charge < -0.3 is 70.6 Å². The third kappa shape index (κ3) is 34.4. The number of hydrogen-bond donors (Lipinski definition) is 9. The Kier molecular flexibility index (Phi) is 36.6. The molecule has 32 heteroatoms. The van der Waals surface area contributed by atoms with Crippen LogP contribution in [0.25, 0.3) is 11.1 Å². The van der Waals surface area contributed by atoms with Crippen LogP contribution in [0, 0.1) is 40.1 Å². The number of ether oxygens (including phenoxy) is 7. The number of aromatic carboxylic acids is 1. The number of alkyl carbamates (subject to hydrolysis) is 3. The van der Waals surface area contributed by atoms with Crippen molar-refractivity contribution in [2.75, 3.05) is 53.7 Å². The molecule has 0 radical (unpaired) electrons. The predicted molar refractivity (Wildman–Crippen MR) is 403 cm³/mol. The third-order valence-corrected chi connectivity index (χ3v) is 14.9. The van der Waals surface area contributed by atoms with E-state index in [1.54, 1.807) is 102 Å². The van der Waals surface area contributed by atoms with Crippen LogP contribution in [0.1, 0.15) is 112 Å². The average molecular weight is 1660 g/mol. The molecule has 6 amide bonds. The molecule has 8 rings (SSSR count). The summed E-state index contributed by atoms with van der Waals surface area (Å²) in [6.45, 7) is 9.59. The summed E-state index contributed by atoms with van der Waals surface area (Å²) >= 11 is 2.00. The van der Waals surface area contributed by atoms with Crippen molar-refractivity contribution in [2.45, 2.75) is 89.5 Å². The number of fused-ring (bicyclic) bond motifs is 3. The number of halogens is 7. The summed E-state index contributed by atoms with van der Waals surface area (Å²) in [7, 11) is 2.75. The van der Waals surface area contributed by atoms with Crippen molar-refractivity contribution < 1.29 is 113 Å². The molecule has 0 aliphatic heterocycles. The van der Waals surface area contributed by atoms with Crippen molar-refractivity contribution >= 4 is 76.1 Å². The Morgan fingerprint density at radius 3 is 1.23 bits per heavy atom. The van der Waals surface area contributed by atoms with Gasteiger partial charge in [-0.05, 0) is 208 Å². The van der Waals surface area contributed by atoms with Gasteiger partial charge in [-0.2, -0.15) is 0 Å². The lowest BCUT2D eigenvalue weighted by Crippen LogP contribution is -2.50. The average Bonchev–Trinajstić information content (AvgIpc) is 1.62. The Morgan fingerprint density at radius 2 is 0.865 bits per heavy atom. The minimum absolute atomic E-state index is 0.101. The number of nitrogens with one attached hydrogen (secondary N) is 6. The van der Waals surface area contributed by atoms with Crippen LogP contribution < -0.4 is 47.3 Å². The van der Waals surface area contributed by atoms with Gasteiger partial charge in [-0.3, -0.25) is 29.2 Å². The number of carboxylic acids is 1. The zero-order valence-corrected chi connectivity index (χ0v) is 63.2. The highest BCUT2D eigenvalue weighted by molar-refractivity contribution is 14.1. The molecule has 3 atom stereocenters. The third-order valence-electron chi connectivity index (χ3n) is 14.2. The Labute approximate surface area is 649 Å². The predicted octanol–water partition coefficient (Wildman–Crippen LogP) is 11.2. The summed E-state index contributed by atoms with van der Waals surface area (Å²) in [6, 6.07) is 42.3. The summed E-state index contributed by atoms with van der Waals surface area (Å²) in [4.78, 5) is 107. The maximum absolute atomic E-state index is 12.5. The van der Waals surface area contributed by atoms with E-state index in [1.165, 1.54) is 68.2 Å². The van der Waals surface area contributed by atoms with Crippen LogP contribution in [0.3, 0.4) is 0 Å². The van der Waals surface area contributed by atoms with Gasteiger partial charge in [-0.25, -0.2) is 24.7 Å². The van der Waals surface area contributed by atoms with Crippen LogP contribution in [-0.2, 0) is 38.1 Å². The summed E-state index contributed by atoms with van der Waals surface area (Å²) in [5, 5.41) is 29.5. The van der Waals surface area contributed by atoms with Gasteiger partial charge in [-0.15, -0.1) is 39.2 Å². The van der Waals surface area contributed by atoms with E-state index in [4.69, 9.17) is 52.6 Å². The first-order chi connectivity index (χ1) is 52.3. The topological polar surface area (TPSA) is 357 Å².